The van der Waals surface area contributed by atoms with Gasteiger partial charge >= 0.3 is 0 Å². The van der Waals surface area contributed by atoms with E-state index in [1.807, 2.05) is 30.3 Å². The van der Waals surface area contributed by atoms with Crippen molar-refractivity contribution in [1.82, 2.24) is 0 Å². The summed E-state index contributed by atoms with van der Waals surface area (Å²) in [4.78, 5) is 0. The van der Waals surface area contributed by atoms with Gasteiger partial charge in [0.25, 0.3) is 0 Å². The molecule has 0 bridgehead atoms. The molecular formula is C21H12F2. The van der Waals surface area contributed by atoms with Crippen molar-refractivity contribution >= 4 is 0 Å². The Morgan fingerprint density at radius 3 is 2.22 bits per heavy atom. The second-order valence-corrected chi connectivity index (χ2v) is 5.62. The molecule has 0 aromatic heterocycles. The van der Waals surface area contributed by atoms with Crippen LogP contribution in [0.3, 0.4) is 0 Å². The van der Waals surface area contributed by atoms with Gasteiger partial charge < -0.3 is 0 Å². The first kappa shape index (κ1) is 13.7. The molecule has 4 rings (SSSR count). The number of hydrogen-bond donors (Lipinski definition) is 0. The summed E-state index contributed by atoms with van der Waals surface area (Å²) in [5.41, 5.74) is 5.69. The Kier molecular flexibility index (Phi) is 3.02. The highest BCUT2D eigenvalue weighted by molar-refractivity contribution is 5.84. The lowest BCUT2D eigenvalue weighted by atomic mass is 9.95. The second-order valence-electron chi connectivity index (χ2n) is 5.62. The Balaban J connectivity index is 1.92. The number of halogens is 2. The molecule has 0 saturated carbocycles. The van der Waals surface area contributed by atoms with E-state index in [4.69, 9.17) is 6.42 Å². The fourth-order valence-electron chi connectivity index (χ4n) is 3.29. The summed E-state index contributed by atoms with van der Waals surface area (Å²) in [7, 11) is 0. The van der Waals surface area contributed by atoms with Crippen LogP contribution in [0.15, 0.2) is 54.6 Å². The smallest absolute Gasteiger partial charge is 0.142 e. The molecule has 3 aromatic rings. The van der Waals surface area contributed by atoms with Crippen LogP contribution in [0.2, 0.25) is 0 Å². The standard InChI is InChI=1S/C21H12F2/c1-2-15-20(22)11-14(12-21(15)23)17-8-5-9-18-16-7-4-3-6-13(16)10-19(17)18/h1,3-9,11-12H,10H2. The zero-order chi connectivity index (χ0) is 16.0. The Morgan fingerprint density at radius 1 is 0.826 bits per heavy atom. The first-order valence-electron chi connectivity index (χ1n) is 7.35. The monoisotopic (exact) mass is 302 g/mol. The maximum Gasteiger partial charge on any atom is 0.142 e. The minimum Gasteiger partial charge on any atom is -0.205 e. The van der Waals surface area contributed by atoms with Gasteiger partial charge in [-0.3, -0.25) is 0 Å². The minimum atomic E-state index is -0.699. The van der Waals surface area contributed by atoms with Gasteiger partial charge in [0, 0.05) is 0 Å². The van der Waals surface area contributed by atoms with E-state index in [1.165, 1.54) is 23.3 Å². The molecule has 0 fully saturated rings. The molecule has 0 amide bonds. The third kappa shape index (κ3) is 2.05. The lowest BCUT2D eigenvalue weighted by Gasteiger charge is -2.10. The van der Waals surface area contributed by atoms with Crippen molar-refractivity contribution in [2.45, 2.75) is 6.42 Å². The topological polar surface area (TPSA) is 0 Å². The van der Waals surface area contributed by atoms with E-state index < -0.39 is 11.6 Å². The predicted octanol–water partition coefficient (Wildman–Crippen LogP) is 5.18. The fraction of sp³-hybridized carbons (Fsp3) is 0.0476. The quantitative estimate of drug-likeness (QED) is 0.425. The summed E-state index contributed by atoms with van der Waals surface area (Å²) in [5, 5.41) is 0. The number of rotatable bonds is 1. The van der Waals surface area contributed by atoms with Gasteiger partial charge in [0.2, 0.25) is 0 Å². The highest BCUT2D eigenvalue weighted by Crippen LogP contribution is 2.41. The zero-order valence-corrected chi connectivity index (χ0v) is 12.2. The van der Waals surface area contributed by atoms with Crippen LogP contribution in [0, 0.1) is 24.0 Å². The third-order valence-corrected chi connectivity index (χ3v) is 4.35. The van der Waals surface area contributed by atoms with Crippen molar-refractivity contribution in [2.75, 3.05) is 0 Å². The van der Waals surface area contributed by atoms with E-state index in [2.05, 4.69) is 18.1 Å². The first-order valence-corrected chi connectivity index (χ1v) is 7.35. The molecule has 23 heavy (non-hydrogen) atoms. The molecule has 0 unspecified atom stereocenters. The molecule has 0 nitrogen and oxygen atoms in total. The Hall–Kier alpha value is -2.92. The predicted molar refractivity (Wildman–Crippen MR) is 88.0 cm³/mol. The van der Waals surface area contributed by atoms with Crippen molar-refractivity contribution in [1.29, 1.82) is 0 Å². The third-order valence-electron chi connectivity index (χ3n) is 4.35. The summed E-state index contributed by atoms with van der Waals surface area (Å²) in [6.45, 7) is 0. The molecule has 0 aliphatic heterocycles. The minimum absolute atomic E-state index is 0.315. The first-order chi connectivity index (χ1) is 11.2. The van der Waals surface area contributed by atoms with Gasteiger partial charge in [0.15, 0.2) is 0 Å². The van der Waals surface area contributed by atoms with Crippen molar-refractivity contribution in [3.63, 3.8) is 0 Å². The van der Waals surface area contributed by atoms with Gasteiger partial charge in [-0.2, -0.15) is 0 Å². The molecule has 1 aliphatic rings. The summed E-state index contributed by atoms with van der Waals surface area (Å²) >= 11 is 0. The van der Waals surface area contributed by atoms with Crippen LogP contribution in [0.1, 0.15) is 16.7 Å². The van der Waals surface area contributed by atoms with E-state index in [1.54, 1.807) is 0 Å². The summed E-state index contributed by atoms with van der Waals surface area (Å²) in [6, 6.07) is 16.7. The highest BCUT2D eigenvalue weighted by Gasteiger charge is 2.22. The van der Waals surface area contributed by atoms with Crippen LogP contribution in [-0.2, 0) is 6.42 Å². The molecule has 110 valence electrons. The molecule has 3 aromatic carbocycles. The molecule has 0 atom stereocenters. The Bertz CT molecular complexity index is 954. The molecule has 1 aliphatic carbocycles. The van der Waals surface area contributed by atoms with E-state index in [0.29, 0.717) is 5.56 Å². The van der Waals surface area contributed by atoms with Crippen LogP contribution in [0.4, 0.5) is 8.78 Å². The fourth-order valence-corrected chi connectivity index (χ4v) is 3.29. The van der Waals surface area contributed by atoms with Crippen molar-refractivity contribution in [2.24, 2.45) is 0 Å². The van der Waals surface area contributed by atoms with Gasteiger partial charge in [-0.25, -0.2) is 8.78 Å². The van der Waals surface area contributed by atoms with Crippen molar-refractivity contribution in [3.8, 4) is 34.6 Å². The van der Waals surface area contributed by atoms with Crippen molar-refractivity contribution in [3.05, 3.63) is 82.9 Å². The van der Waals surface area contributed by atoms with Crippen LogP contribution in [0.5, 0.6) is 0 Å². The van der Waals surface area contributed by atoms with Crippen LogP contribution < -0.4 is 0 Å². The van der Waals surface area contributed by atoms with E-state index in [-0.39, 0.29) is 5.56 Å². The van der Waals surface area contributed by atoms with E-state index in [0.717, 1.165) is 23.1 Å². The summed E-state index contributed by atoms with van der Waals surface area (Å²) < 4.78 is 28.1. The molecular weight excluding hydrogens is 290 g/mol. The zero-order valence-electron chi connectivity index (χ0n) is 12.2. The van der Waals surface area contributed by atoms with E-state index in [9.17, 15) is 8.78 Å². The van der Waals surface area contributed by atoms with Gasteiger partial charge in [-0.15, -0.1) is 6.42 Å². The maximum atomic E-state index is 14.0. The molecule has 0 N–H and O–H groups in total. The van der Waals surface area contributed by atoms with Crippen LogP contribution in [-0.4, -0.2) is 0 Å². The second kappa shape index (κ2) is 5.07. The lowest BCUT2D eigenvalue weighted by Crippen LogP contribution is -1.94. The Morgan fingerprint density at radius 2 is 1.48 bits per heavy atom. The Labute approximate surface area is 133 Å². The molecule has 2 heteroatoms. The number of fused-ring (bicyclic) bond motifs is 3. The van der Waals surface area contributed by atoms with Crippen LogP contribution >= 0.6 is 0 Å². The molecule has 0 heterocycles. The average Bonchev–Trinajstić information content (AvgIpc) is 2.93. The normalized spacial score (nSPS) is 11.7. The highest BCUT2D eigenvalue weighted by atomic mass is 19.1. The molecule has 0 spiro atoms. The number of terminal acetylenes is 1. The summed E-state index contributed by atoms with van der Waals surface area (Å²) in [6.07, 6.45) is 5.92. The number of benzene rings is 3. The van der Waals surface area contributed by atoms with Crippen LogP contribution in [0.25, 0.3) is 22.3 Å². The van der Waals surface area contributed by atoms with E-state index >= 15 is 0 Å². The van der Waals surface area contributed by atoms with Gasteiger partial charge in [-0.1, -0.05) is 48.4 Å². The maximum absolute atomic E-state index is 14.0. The van der Waals surface area contributed by atoms with Gasteiger partial charge in [-0.05, 0) is 51.9 Å². The molecule has 0 saturated heterocycles. The molecule has 0 radical (unpaired) electrons. The number of hydrogen-bond acceptors (Lipinski definition) is 0. The summed E-state index contributed by atoms with van der Waals surface area (Å²) in [5.74, 6) is 0.662. The van der Waals surface area contributed by atoms with Crippen molar-refractivity contribution < 1.29 is 8.78 Å². The largest absolute Gasteiger partial charge is 0.205 e. The average molecular weight is 302 g/mol. The van der Waals surface area contributed by atoms with Gasteiger partial charge in [0.05, 0.1) is 5.56 Å². The van der Waals surface area contributed by atoms with Gasteiger partial charge in [0.1, 0.15) is 11.6 Å². The lowest BCUT2D eigenvalue weighted by molar-refractivity contribution is 0.578. The SMILES string of the molecule is C#Cc1c(F)cc(-c2cccc3c2Cc2ccccc2-3)cc1F.